The van der Waals surface area contributed by atoms with E-state index < -0.39 is 0 Å². The molecule has 0 unspecified atom stereocenters. The third kappa shape index (κ3) is 2.54. The van der Waals surface area contributed by atoms with Crippen LogP contribution in [-0.2, 0) is 0 Å². The van der Waals surface area contributed by atoms with Gasteiger partial charge in [-0.05, 0) is 34.8 Å². The number of nitrogens with zero attached hydrogens (tertiary/aromatic N) is 3. The Morgan fingerprint density at radius 2 is 2.33 bits per heavy atom. The fourth-order valence-electron chi connectivity index (χ4n) is 1.33. The van der Waals surface area contributed by atoms with Crippen molar-refractivity contribution in [3.63, 3.8) is 0 Å². The number of hydrogen-bond acceptors (Lipinski definition) is 7. The lowest BCUT2D eigenvalue weighted by Crippen LogP contribution is -2.15. The van der Waals surface area contributed by atoms with Crippen LogP contribution in [0.5, 0.6) is 0 Å². The van der Waals surface area contributed by atoms with Gasteiger partial charge in [0.15, 0.2) is 11.5 Å². The molecular formula is C10H11N5O2S. The van der Waals surface area contributed by atoms with Crippen molar-refractivity contribution in [3.05, 3.63) is 30.0 Å². The van der Waals surface area contributed by atoms with Crippen molar-refractivity contribution in [2.75, 3.05) is 17.3 Å². The third-order valence-electron chi connectivity index (χ3n) is 2.17. The summed E-state index contributed by atoms with van der Waals surface area (Å²) in [6, 6.07) is 7.58. The number of nitrogen functional groups attached to an aromatic ring is 1. The molecule has 0 radical (unpaired) electrons. The van der Waals surface area contributed by atoms with Crippen LogP contribution in [-0.4, -0.2) is 27.6 Å². The number of nitrogens with two attached hydrogens (primary N) is 1. The molecular weight excluding hydrogens is 254 g/mol. The second-order valence-corrected chi connectivity index (χ2v) is 4.18. The van der Waals surface area contributed by atoms with Crippen LogP contribution in [0.4, 0.5) is 11.5 Å². The Hall–Kier alpha value is -2.22. The van der Waals surface area contributed by atoms with Crippen molar-refractivity contribution >= 4 is 29.1 Å². The number of thioether (sulfide) groups is 1. The molecule has 1 heterocycles. The number of amidine groups is 1. The zero-order valence-electron chi connectivity index (χ0n) is 9.49. The van der Waals surface area contributed by atoms with E-state index in [-0.39, 0.29) is 17.3 Å². The maximum Gasteiger partial charge on any atom is 0.203 e. The van der Waals surface area contributed by atoms with Gasteiger partial charge in [-0.15, -0.1) is 11.8 Å². The molecule has 0 saturated carbocycles. The van der Waals surface area contributed by atoms with Crippen molar-refractivity contribution in [2.24, 2.45) is 5.16 Å². The Morgan fingerprint density at radius 1 is 1.50 bits per heavy atom. The predicted octanol–water partition coefficient (Wildman–Crippen LogP) is 1.62. The van der Waals surface area contributed by atoms with E-state index in [0.29, 0.717) is 0 Å². The predicted molar refractivity (Wildman–Crippen MR) is 68.9 cm³/mol. The lowest BCUT2D eigenvalue weighted by molar-refractivity contribution is 0.305. The average Bonchev–Trinajstić information content (AvgIpc) is 2.82. The Bertz CT molecular complexity index is 569. The number of rotatable bonds is 3. The molecule has 0 atom stereocenters. The Kier molecular flexibility index (Phi) is 3.68. The molecule has 1 aromatic heterocycles. The minimum absolute atomic E-state index is 0.0521. The van der Waals surface area contributed by atoms with Crippen LogP contribution in [0.3, 0.4) is 0 Å². The molecule has 0 aliphatic heterocycles. The molecule has 4 N–H and O–H groups in total. The third-order valence-corrected chi connectivity index (χ3v) is 2.90. The summed E-state index contributed by atoms with van der Waals surface area (Å²) in [6.45, 7) is 0. The van der Waals surface area contributed by atoms with Crippen molar-refractivity contribution < 1.29 is 9.84 Å². The molecule has 0 fully saturated rings. The molecule has 18 heavy (non-hydrogen) atoms. The van der Waals surface area contributed by atoms with Crippen LogP contribution in [0.1, 0.15) is 5.69 Å². The summed E-state index contributed by atoms with van der Waals surface area (Å²) in [5, 5.41) is 21.9. The minimum Gasteiger partial charge on any atom is -0.409 e. The molecule has 8 heteroatoms. The van der Waals surface area contributed by atoms with Crippen LogP contribution in [0.15, 0.2) is 38.9 Å². The molecule has 0 amide bonds. The van der Waals surface area contributed by atoms with Gasteiger partial charge in [-0.1, -0.05) is 11.2 Å². The van der Waals surface area contributed by atoms with Gasteiger partial charge < -0.3 is 16.3 Å². The summed E-state index contributed by atoms with van der Waals surface area (Å²) in [4.78, 5) is 1.07. The molecule has 0 aliphatic rings. The molecule has 94 valence electrons. The number of oxime groups is 1. The lowest BCUT2D eigenvalue weighted by atomic mass is 10.3. The van der Waals surface area contributed by atoms with Crippen molar-refractivity contribution in [3.8, 4) is 0 Å². The van der Waals surface area contributed by atoms with Crippen molar-refractivity contribution in [1.29, 1.82) is 0 Å². The summed E-state index contributed by atoms with van der Waals surface area (Å²) in [5.74, 6) is 0.128. The van der Waals surface area contributed by atoms with E-state index in [4.69, 9.17) is 10.9 Å². The first-order chi connectivity index (χ1) is 8.74. The molecule has 0 saturated heterocycles. The number of aromatic nitrogens is 2. The Morgan fingerprint density at radius 3 is 2.94 bits per heavy atom. The smallest absolute Gasteiger partial charge is 0.203 e. The first-order valence-electron chi connectivity index (χ1n) is 4.96. The number of anilines is 2. The highest BCUT2D eigenvalue weighted by Gasteiger charge is 2.15. The van der Waals surface area contributed by atoms with Gasteiger partial charge in [0.25, 0.3) is 0 Å². The van der Waals surface area contributed by atoms with Crippen LogP contribution >= 0.6 is 11.8 Å². The van der Waals surface area contributed by atoms with Gasteiger partial charge in [-0.25, -0.2) is 4.63 Å². The normalized spacial score (nSPS) is 11.5. The largest absolute Gasteiger partial charge is 0.409 e. The summed E-state index contributed by atoms with van der Waals surface area (Å²) >= 11 is 1.60. The van der Waals surface area contributed by atoms with Gasteiger partial charge in [0.05, 0.1) is 0 Å². The van der Waals surface area contributed by atoms with E-state index in [1.54, 1.807) is 11.8 Å². The van der Waals surface area contributed by atoms with E-state index in [2.05, 4.69) is 25.4 Å². The summed E-state index contributed by atoms with van der Waals surface area (Å²) in [7, 11) is 0. The van der Waals surface area contributed by atoms with Crippen LogP contribution in [0, 0.1) is 0 Å². The maximum absolute atomic E-state index is 8.97. The zero-order valence-corrected chi connectivity index (χ0v) is 10.3. The van der Waals surface area contributed by atoms with Crippen molar-refractivity contribution in [2.45, 2.75) is 4.90 Å². The topological polar surface area (TPSA) is 110 Å². The summed E-state index contributed by atoms with van der Waals surface area (Å²) < 4.78 is 4.45. The molecule has 7 nitrogen and oxygen atoms in total. The van der Waals surface area contributed by atoms with E-state index in [1.165, 1.54) is 0 Å². The second kappa shape index (κ2) is 5.41. The summed E-state index contributed by atoms with van der Waals surface area (Å²) in [6.07, 6.45) is 1.97. The molecule has 0 spiro atoms. The standard InChI is InChI=1S/C10H11N5O2S/c1-18-7-4-2-3-6(5-7)12-10(13-16)8-9(11)15-17-14-8/h2-5,16H,1H3,(H2,11,15)(H,12,13). The van der Waals surface area contributed by atoms with Crippen LogP contribution in [0.2, 0.25) is 0 Å². The molecule has 2 aromatic rings. The van der Waals surface area contributed by atoms with Gasteiger partial charge in [-0.2, -0.15) is 0 Å². The van der Waals surface area contributed by atoms with Gasteiger partial charge >= 0.3 is 0 Å². The Balaban J connectivity index is 2.24. The molecule has 0 bridgehead atoms. The average molecular weight is 265 g/mol. The van der Waals surface area contributed by atoms with Crippen LogP contribution in [0.25, 0.3) is 0 Å². The highest BCUT2D eigenvalue weighted by Crippen LogP contribution is 2.20. The number of hydrogen-bond donors (Lipinski definition) is 3. The zero-order chi connectivity index (χ0) is 13.0. The quantitative estimate of drug-likeness (QED) is 0.254. The van der Waals surface area contributed by atoms with Gasteiger partial charge in [0.2, 0.25) is 5.84 Å². The van der Waals surface area contributed by atoms with Gasteiger partial charge in [-0.3, -0.25) is 0 Å². The number of nitrogens with one attached hydrogen (secondary N) is 1. The second-order valence-electron chi connectivity index (χ2n) is 3.30. The van der Waals surface area contributed by atoms with E-state index in [9.17, 15) is 0 Å². The lowest BCUT2D eigenvalue weighted by Gasteiger charge is -2.06. The fourth-order valence-corrected chi connectivity index (χ4v) is 1.79. The highest BCUT2D eigenvalue weighted by molar-refractivity contribution is 7.98. The van der Waals surface area contributed by atoms with E-state index in [1.807, 2.05) is 30.5 Å². The van der Waals surface area contributed by atoms with Crippen LogP contribution < -0.4 is 11.1 Å². The molecule has 1 aromatic carbocycles. The van der Waals surface area contributed by atoms with Gasteiger partial charge in [0, 0.05) is 10.6 Å². The molecule has 0 aliphatic carbocycles. The first kappa shape index (κ1) is 12.2. The van der Waals surface area contributed by atoms with E-state index in [0.717, 1.165) is 10.6 Å². The van der Waals surface area contributed by atoms with Gasteiger partial charge in [0.1, 0.15) is 0 Å². The Labute approximate surface area is 107 Å². The molecule has 2 rings (SSSR count). The van der Waals surface area contributed by atoms with Crippen molar-refractivity contribution in [1.82, 2.24) is 10.3 Å². The SMILES string of the molecule is CSc1cccc(N/C(=N\O)c2nonc2N)c1. The van der Waals surface area contributed by atoms with E-state index >= 15 is 0 Å². The fraction of sp³-hybridized carbons (Fsp3) is 0.100. The summed E-state index contributed by atoms with van der Waals surface area (Å²) in [5.41, 5.74) is 6.43. The minimum atomic E-state index is 0.0521. The highest BCUT2D eigenvalue weighted by atomic mass is 32.2. The number of benzene rings is 1. The monoisotopic (exact) mass is 265 g/mol. The first-order valence-corrected chi connectivity index (χ1v) is 6.18. The maximum atomic E-state index is 8.97.